The number of halogens is 2. The monoisotopic (exact) mass is 587 g/mol. The Bertz CT molecular complexity index is 1440. The number of amides is 2. The molecule has 1 unspecified atom stereocenters. The molecule has 3 aromatic rings. The van der Waals surface area contributed by atoms with Crippen molar-refractivity contribution in [2.45, 2.75) is 64.1 Å². The highest BCUT2D eigenvalue weighted by Gasteiger charge is 2.34. The molecule has 0 heterocycles. The summed E-state index contributed by atoms with van der Waals surface area (Å²) in [6.07, 6.45) is 0.299. The van der Waals surface area contributed by atoms with E-state index in [0.29, 0.717) is 6.42 Å². The van der Waals surface area contributed by atoms with Crippen LogP contribution in [-0.2, 0) is 26.2 Å². The molecular formula is C30H35ClFN3O4S. The van der Waals surface area contributed by atoms with Crippen molar-refractivity contribution in [2.24, 2.45) is 0 Å². The molecule has 0 aromatic heterocycles. The second-order valence-corrected chi connectivity index (χ2v) is 12.9. The summed E-state index contributed by atoms with van der Waals surface area (Å²) >= 11 is 6.00. The van der Waals surface area contributed by atoms with Crippen LogP contribution in [0.2, 0.25) is 5.02 Å². The number of aryl methyl sites for hydroxylation is 1. The van der Waals surface area contributed by atoms with E-state index >= 15 is 0 Å². The first kappa shape index (κ1) is 31.1. The van der Waals surface area contributed by atoms with Gasteiger partial charge in [-0.1, -0.05) is 66.6 Å². The van der Waals surface area contributed by atoms with E-state index in [1.165, 1.54) is 29.2 Å². The lowest BCUT2D eigenvalue weighted by Crippen LogP contribution is -2.55. The number of nitrogens with one attached hydrogen (secondary N) is 1. The Hall–Kier alpha value is -3.43. The molecule has 7 nitrogen and oxygen atoms in total. The van der Waals surface area contributed by atoms with Crippen molar-refractivity contribution < 1.29 is 22.4 Å². The highest BCUT2D eigenvalue weighted by atomic mass is 35.5. The Morgan fingerprint density at radius 3 is 2.17 bits per heavy atom. The van der Waals surface area contributed by atoms with Crippen molar-refractivity contribution in [3.63, 3.8) is 0 Å². The van der Waals surface area contributed by atoms with Crippen LogP contribution in [0, 0.1) is 12.7 Å². The summed E-state index contributed by atoms with van der Waals surface area (Å²) in [6, 6.07) is 17.8. The zero-order chi connectivity index (χ0) is 29.7. The predicted molar refractivity (Wildman–Crippen MR) is 156 cm³/mol. The molecule has 1 atom stereocenters. The maximum Gasteiger partial charge on any atom is 0.264 e. The maximum atomic E-state index is 14.0. The van der Waals surface area contributed by atoms with Gasteiger partial charge in [0, 0.05) is 12.1 Å². The van der Waals surface area contributed by atoms with E-state index in [0.717, 1.165) is 21.5 Å². The van der Waals surface area contributed by atoms with Crippen LogP contribution in [0.3, 0.4) is 0 Å². The van der Waals surface area contributed by atoms with Crippen LogP contribution >= 0.6 is 11.6 Å². The van der Waals surface area contributed by atoms with Crippen molar-refractivity contribution in [2.75, 3.05) is 10.8 Å². The third-order valence-electron chi connectivity index (χ3n) is 6.16. The molecule has 40 heavy (non-hydrogen) atoms. The highest BCUT2D eigenvalue weighted by molar-refractivity contribution is 7.92. The molecule has 0 saturated heterocycles. The molecule has 1 N–H and O–H groups in total. The van der Waals surface area contributed by atoms with Gasteiger partial charge in [-0.2, -0.15) is 0 Å². The number of carbonyl (C=O) groups is 2. The van der Waals surface area contributed by atoms with Crippen molar-refractivity contribution in [1.29, 1.82) is 0 Å². The zero-order valence-corrected chi connectivity index (χ0v) is 24.9. The van der Waals surface area contributed by atoms with E-state index < -0.39 is 39.9 Å². The first-order valence-electron chi connectivity index (χ1n) is 12.9. The minimum absolute atomic E-state index is 0.0195. The van der Waals surface area contributed by atoms with Gasteiger partial charge in [0.1, 0.15) is 18.4 Å². The number of hydrogen-bond acceptors (Lipinski definition) is 4. The van der Waals surface area contributed by atoms with Gasteiger partial charge in [-0.3, -0.25) is 13.9 Å². The summed E-state index contributed by atoms with van der Waals surface area (Å²) in [7, 11) is -4.27. The SMILES string of the molecule is CCC(C(=O)NC(C)(C)C)N(Cc1ccc(C)cc1)C(=O)CN(c1ccc(F)c(Cl)c1)S(=O)(=O)c1ccccc1. The lowest BCUT2D eigenvalue weighted by Gasteiger charge is -2.34. The molecular weight excluding hydrogens is 553 g/mol. The molecule has 0 spiro atoms. The van der Waals surface area contributed by atoms with Crippen LogP contribution in [0.25, 0.3) is 0 Å². The van der Waals surface area contributed by atoms with Gasteiger partial charge in [0.05, 0.1) is 15.6 Å². The Morgan fingerprint density at radius 1 is 1.00 bits per heavy atom. The molecule has 3 aromatic carbocycles. The third-order valence-corrected chi connectivity index (χ3v) is 8.24. The minimum atomic E-state index is -4.27. The number of rotatable bonds is 10. The molecule has 3 rings (SSSR count). The Kier molecular flexibility index (Phi) is 9.97. The van der Waals surface area contributed by atoms with E-state index in [1.54, 1.807) is 25.1 Å². The first-order valence-corrected chi connectivity index (χ1v) is 14.7. The Labute approximate surface area is 241 Å². The smallest absolute Gasteiger partial charge is 0.264 e. The molecule has 0 aliphatic carbocycles. The zero-order valence-electron chi connectivity index (χ0n) is 23.3. The molecule has 0 radical (unpaired) electrons. The molecule has 0 saturated carbocycles. The largest absolute Gasteiger partial charge is 0.350 e. The Balaban J connectivity index is 2.08. The molecule has 0 fully saturated rings. The van der Waals surface area contributed by atoms with Crippen LogP contribution in [0.1, 0.15) is 45.2 Å². The quantitative estimate of drug-likeness (QED) is 0.329. The van der Waals surface area contributed by atoms with E-state index in [-0.39, 0.29) is 28.1 Å². The molecule has 0 aliphatic rings. The van der Waals surface area contributed by atoms with Gasteiger partial charge in [-0.15, -0.1) is 0 Å². The summed E-state index contributed by atoms with van der Waals surface area (Å²) in [5.41, 5.74) is 1.29. The molecule has 0 aliphatic heterocycles. The third kappa shape index (κ3) is 7.82. The van der Waals surface area contributed by atoms with Crippen molar-refractivity contribution in [3.05, 3.63) is 94.8 Å². The predicted octanol–water partition coefficient (Wildman–Crippen LogP) is 5.70. The van der Waals surface area contributed by atoms with E-state index in [1.807, 2.05) is 52.0 Å². The molecule has 0 bridgehead atoms. The van der Waals surface area contributed by atoms with Crippen molar-refractivity contribution >= 4 is 39.1 Å². The van der Waals surface area contributed by atoms with Gasteiger partial charge >= 0.3 is 0 Å². The fourth-order valence-electron chi connectivity index (χ4n) is 4.15. The normalized spacial score (nSPS) is 12.5. The number of carbonyl (C=O) groups excluding carboxylic acids is 2. The number of benzene rings is 3. The van der Waals surface area contributed by atoms with Gasteiger partial charge in [0.25, 0.3) is 10.0 Å². The second kappa shape index (κ2) is 12.8. The van der Waals surface area contributed by atoms with Crippen LogP contribution in [0.4, 0.5) is 10.1 Å². The number of anilines is 1. The van der Waals surface area contributed by atoms with Crippen LogP contribution < -0.4 is 9.62 Å². The Morgan fingerprint density at radius 2 is 1.62 bits per heavy atom. The summed E-state index contributed by atoms with van der Waals surface area (Å²) in [6.45, 7) is 8.71. The number of nitrogens with zero attached hydrogens (tertiary/aromatic N) is 2. The van der Waals surface area contributed by atoms with Crippen LogP contribution in [0.5, 0.6) is 0 Å². The molecule has 2 amide bonds. The van der Waals surface area contributed by atoms with Gasteiger partial charge in [0.15, 0.2) is 0 Å². The topological polar surface area (TPSA) is 86.8 Å². The van der Waals surface area contributed by atoms with Gasteiger partial charge < -0.3 is 10.2 Å². The number of hydrogen-bond donors (Lipinski definition) is 1. The second-order valence-electron chi connectivity index (χ2n) is 10.6. The minimum Gasteiger partial charge on any atom is -0.350 e. The fraction of sp³-hybridized carbons (Fsp3) is 0.333. The van der Waals surface area contributed by atoms with Crippen LogP contribution in [-0.4, -0.2) is 43.3 Å². The van der Waals surface area contributed by atoms with Gasteiger partial charge in [0.2, 0.25) is 11.8 Å². The average Bonchev–Trinajstić information content (AvgIpc) is 2.89. The van der Waals surface area contributed by atoms with E-state index in [2.05, 4.69) is 5.32 Å². The number of sulfonamides is 1. The molecule has 10 heteroatoms. The summed E-state index contributed by atoms with van der Waals surface area (Å²) < 4.78 is 42.5. The summed E-state index contributed by atoms with van der Waals surface area (Å²) in [4.78, 5) is 28.7. The van der Waals surface area contributed by atoms with Gasteiger partial charge in [-0.25, -0.2) is 12.8 Å². The standard InChI is InChI=1S/C30H35ClFN3O4S/c1-6-27(29(37)33-30(3,4)5)34(19-22-14-12-21(2)13-15-22)28(36)20-35(23-16-17-26(32)25(31)18-23)40(38,39)24-10-8-7-9-11-24/h7-18,27H,6,19-20H2,1-5H3,(H,33,37). The summed E-state index contributed by atoms with van der Waals surface area (Å²) in [5, 5.41) is 2.65. The van der Waals surface area contributed by atoms with E-state index in [9.17, 15) is 22.4 Å². The highest BCUT2D eigenvalue weighted by Crippen LogP contribution is 2.28. The fourth-order valence-corrected chi connectivity index (χ4v) is 5.75. The van der Waals surface area contributed by atoms with Gasteiger partial charge in [-0.05, 0) is 70.0 Å². The summed E-state index contributed by atoms with van der Waals surface area (Å²) in [5.74, 6) is -1.67. The molecule has 214 valence electrons. The van der Waals surface area contributed by atoms with E-state index in [4.69, 9.17) is 11.6 Å². The van der Waals surface area contributed by atoms with Crippen molar-refractivity contribution in [1.82, 2.24) is 10.2 Å². The lowest BCUT2D eigenvalue weighted by molar-refractivity contribution is -0.141. The lowest BCUT2D eigenvalue weighted by atomic mass is 10.1. The maximum absolute atomic E-state index is 14.0. The average molecular weight is 588 g/mol. The van der Waals surface area contributed by atoms with Crippen molar-refractivity contribution in [3.8, 4) is 0 Å². The first-order chi connectivity index (χ1) is 18.7. The van der Waals surface area contributed by atoms with Crippen LogP contribution in [0.15, 0.2) is 77.7 Å².